The van der Waals surface area contributed by atoms with Crippen LogP contribution in [0.3, 0.4) is 0 Å². The van der Waals surface area contributed by atoms with E-state index in [1.807, 2.05) is 12.1 Å². The lowest BCUT2D eigenvalue weighted by Crippen LogP contribution is -2.37. The number of nitrogens with zero attached hydrogens (tertiary/aromatic N) is 1. The Morgan fingerprint density at radius 3 is 2.76 bits per heavy atom. The van der Waals surface area contributed by atoms with Gasteiger partial charge in [-0.3, -0.25) is 4.79 Å². The van der Waals surface area contributed by atoms with E-state index < -0.39 is 0 Å². The first kappa shape index (κ1) is 17.6. The number of nitrogens with two attached hydrogens (primary N) is 1. The van der Waals surface area contributed by atoms with Crippen molar-refractivity contribution in [3.8, 4) is 0 Å². The summed E-state index contributed by atoms with van der Waals surface area (Å²) in [5.41, 5.74) is 10.0. The van der Waals surface area contributed by atoms with Crippen LogP contribution in [-0.2, 0) is 0 Å². The van der Waals surface area contributed by atoms with Crippen LogP contribution in [-0.4, -0.2) is 18.5 Å². The van der Waals surface area contributed by atoms with Crippen molar-refractivity contribution in [1.82, 2.24) is 0 Å². The van der Waals surface area contributed by atoms with E-state index in [0.717, 1.165) is 17.8 Å². The first-order valence-electron chi connectivity index (χ1n) is 8.70. The van der Waals surface area contributed by atoms with Crippen molar-refractivity contribution in [2.24, 2.45) is 0 Å². The van der Waals surface area contributed by atoms with Gasteiger partial charge in [0.1, 0.15) is 0 Å². The van der Waals surface area contributed by atoms with E-state index in [1.165, 1.54) is 19.3 Å². The molecule has 1 aliphatic heterocycles. The van der Waals surface area contributed by atoms with Gasteiger partial charge in [-0.1, -0.05) is 23.7 Å². The molecule has 0 spiro atoms. The van der Waals surface area contributed by atoms with Crippen LogP contribution in [0.5, 0.6) is 0 Å². The molecule has 1 atom stereocenters. The van der Waals surface area contributed by atoms with Gasteiger partial charge >= 0.3 is 0 Å². The number of nitrogen functional groups attached to an aromatic ring is 1. The maximum Gasteiger partial charge on any atom is 0.257 e. The quantitative estimate of drug-likeness (QED) is 0.771. The molecule has 4 nitrogen and oxygen atoms in total. The van der Waals surface area contributed by atoms with Crippen LogP contribution >= 0.6 is 11.6 Å². The second-order valence-corrected chi connectivity index (χ2v) is 7.11. The number of carbonyl (C=O) groups is 1. The van der Waals surface area contributed by atoms with E-state index in [9.17, 15) is 4.79 Å². The summed E-state index contributed by atoms with van der Waals surface area (Å²) in [7, 11) is 0. The number of amides is 1. The number of hydrogen-bond acceptors (Lipinski definition) is 3. The fourth-order valence-corrected chi connectivity index (χ4v) is 3.65. The van der Waals surface area contributed by atoms with E-state index in [0.29, 0.717) is 28.0 Å². The Labute approximate surface area is 154 Å². The minimum absolute atomic E-state index is 0.251. The van der Waals surface area contributed by atoms with Crippen molar-refractivity contribution in [2.75, 3.05) is 22.5 Å². The highest BCUT2D eigenvalue weighted by atomic mass is 35.5. The Hall–Kier alpha value is -2.20. The standard InChI is InChI=1S/C20H24ClN3O/c1-13-11-17(22)18(12-19(13)24-10-6-5-7-14(24)2)23-20(25)15-8-3-4-9-16(15)21/h3-4,8-9,11-12,14H,5-7,10,22H2,1-2H3,(H,23,25). The Bertz CT molecular complexity index is 791. The number of benzene rings is 2. The molecule has 3 N–H and O–H groups in total. The summed E-state index contributed by atoms with van der Waals surface area (Å²) in [6, 6.07) is 11.4. The summed E-state index contributed by atoms with van der Waals surface area (Å²) in [5.74, 6) is -0.251. The molecule has 1 fully saturated rings. The number of aryl methyl sites for hydroxylation is 1. The van der Waals surface area contributed by atoms with Crippen LogP contribution in [0.2, 0.25) is 5.02 Å². The molecule has 1 saturated heterocycles. The van der Waals surface area contributed by atoms with Gasteiger partial charge in [-0.05, 0) is 62.9 Å². The van der Waals surface area contributed by atoms with Gasteiger partial charge in [-0.15, -0.1) is 0 Å². The second kappa shape index (κ2) is 7.36. The van der Waals surface area contributed by atoms with Gasteiger partial charge in [0, 0.05) is 18.3 Å². The second-order valence-electron chi connectivity index (χ2n) is 6.70. The topological polar surface area (TPSA) is 58.4 Å². The van der Waals surface area contributed by atoms with Crippen molar-refractivity contribution in [3.63, 3.8) is 0 Å². The lowest BCUT2D eigenvalue weighted by Gasteiger charge is -2.36. The lowest BCUT2D eigenvalue weighted by molar-refractivity contribution is 0.102. The zero-order valence-electron chi connectivity index (χ0n) is 14.7. The summed E-state index contributed by atoms with van der Waals surface area (Å²) < 4.78 is 0. The molecule has 3 rings (SSSR count). The van der Waals surface area contributed by atoms with Crippen molar-refractivity contribution >= 4 is 34.6 Å². The van der Waals surface area contributed by atoms with Gasteiger partial charge in [-0.2, -0.15) is 0 Å². The van der Waals surface area contributed by atoms with E-state index in [2.05, 4.69) is 24.1 Å². The average Bonchev–Trinajstić information content (AvgIpc) is 2.58. The Morgan fingerprint density at radius 2 is 2.04 bits per heavy atom. The number of anilines is 3. The highest BCUT2D eigenvalue weighted by Gasteiger charge is 2.21. The number of rotatable bonds is 3. The minimum Gasteiger partial charge on any atom is -0.397 e. The summed E-state index contributed by atoms with van der Waals surface area (Å²) in [6.45, 7) is 5.34. The zero-order chi connectivity index (χ0) is 18.0. The number of hydrogen-bond donors (Lipinski definition) is 2. The van der Waals surface area contributed by atoms with E-state index in [-0.39, 0.29) is 5.91 Å². The Morgan fingerprint density at radius 1 is 1.28 bits per heavy atom. The molecule has 1 unspecified atom stereocenters. The summed E-state index contributed by atoms with van der Waals surface area (Å²) in [5, 5.41) is 3.34. The molecule has 2 aromatic rings. The SMILES string of the molecule is Cc1cc(N)c(NC(=O)c2ccccc2Cl)cc1N1CCCCC1C. The van der Waals surface area contributed by atoms with Crippen molar-refractivity contribution < 1.29 is 4.79 Å². The Balaban J connectivity index is 1.90. The number of piperidine rings is 1. The predicted octanol–water partition coefficient (Wildman–Crippen LogP) is 4.86. The minimum atomic E-state index is -0.251. The zero-order valence-corrected chi connectivity index (χ0v) is 15.4. The third-order valence-corrected chi connectivity index (χ3v) is 5.18. The maximum atomic E-state index is 12.6. The highest BCUT2D eigenvalue weighted by Crippen LogP contribution is 2.33. The molecular formula is C20H24ClN3O. The summed E-state index contributed by atoms with van der Waals surface area (Å²) >= 11 is 6.12. The fourth-order valence-electron chi connectivity index (χ4n) is 3.43. The Kier molecular flexibility index (Phi) is 5.19. The number of halogens is 1. The van der Waals surface area contributed by atoms with Gasteiger partial charge in [0.2, 0.25) is 0 Å². The van der Waals surface area contributed by atoms with Crippen LogP contribution in [0.4, 0.5) is 17.1 Å². The molecule has 1 amide bonds. The van der Waals surface area contributed by atoms with Gasteiger partial charge in [-0.25, -0.2) is 0 Å². The van der Waals surface area contributed by atoms with Crippen LogP contribution < -0.4 is 16.0 Å². The summed E-state index contributed by atoms with van der Waals surface area (Å²) in [6.07, 6.45) is 3.64. The molecule has 0 bridgehead atoms. The molecule has 25 heavy (non-hydrogen) atoms. The predicted molar refractivity (Wildman–Crippen MR) is 106 cm³/mol. The number of carbonyl (C=O) groups excluding carboxylic acids is 1. The molecule has 1 aliphatic rings. The summed E-state index contributed by atoms with van der Waals surface area (Å²) in [4.78, 5) is 15.0. The third kappa shape index (κ3) is 3.74. The van der Waals surface area contributed by atoms with Crippen LogP contribution in [0.15, 0.2) is 36.4 Å². The molecule has 2 aromatic carbocycles. The van der Waals surface area contributed by atoms with E-state index in [4.69, 9.17) is 17.3 Å². The number of nitrogens with one attached hydrogen (secondary N) is 1. The van der Waals surface area contributed by atoms with Crippen molar-refractivity contribution in [2.45, 2.75) is 39.2 Å². The van der Waals surface area contributed by atoms with Gasteiger partial charge in [0.05, 0.1) is 22.0 Å². The molecule has 1 heterocycles. The van der Waals surface area contributed by atoms with E-state index in [1.54, 1.807) is 24.3 Å². The smallest absolute Gasteiger partial charge is 0.257 e. The van der Waals surface area contributed by atoms with Crippen LogP contribution in [0.1, 0.15) is 42.1 Å². The van der Waals surface area contributed by atoms with Crippen LogP contribution in [0, 0.1) is 6.92 Å². The molecular weight excluding hydrogens is 334 g/mol. The molecule has 132 valence electrons. The van der Waals surface area contributed by atoms with Crippen molar-refractivity contribution in [1.29, 1.82) is 0 Å². The molecule has 0 aromatic heterocycles. The van der Waals surface area contributed by atoms with Crippen LogP contribution in [0.25, 0.3) is 0 Å². The maximum absolute atomic E-state index is 12.6. The van der Waals surface area contributed by atoms with Crippen molar-refractivity contribution in [3.05, 3.63) is 52.5 Å². The van der Waals surface area contributed by atoms with Gasteiger partial charge in [0.25, 0.3) is 5.91 Å². The van der Waals surface area contributed by atoms with E-state index >= 15 is 0 Å². The molecule has 0 saturated carbocycles. The largest absolute Gasteiger partial charge is 0.397 e. The first-order chi connectivity index (χ1) is 12.0. The fraction of sp³-hybridized carbons (Fsp3) is 0.350. The first-order valence-corrected chi connectivity index (χ1v) is 9.08. The third-order valence-electron chi connectivity index (χ3n) is 4.85. The molecule has 0 aliphatic carbocycles. The monoisotopic (exact) mass is 357 g/mol. The molecule has 5 heteroatoms. The van der Waals surface area contributed by atoms with Gasteiger partial charge < -0.3 is 16.0 Å². The molecule has 0 radical (unpaired) electrons. The lowest BCUT2D eigenvalue weighted by atomic mass is 10.0. The normalized spacial score (nSPS) is 17.4. The average molecular weight is 358 g/mol. The van der Waals surface area contributed by atoms with Gasteiger partial charge in [0.15, 0.2) is 0 Å². The highest BCUT2D eigenvalue weighted by molar-refractivity contribution is 6.34.